The van der Waals surface area contributed by atoms with Crippen molar-refractivity contribution >= 4 is 11.6 Å². The number of benzene rings is 1. The Labute approximate surface area is 167 Å². The van der Waals surface area contributed by atoms with Crippen molar-refractivity contribution in [1.29, 1.82) is 0 Å². The normalized spacial score (nSPS) is 19.6. The number of rotatable bonds is 3. The van der Waals surface area contributed by atoms with Crippen LogP contribution in [0.4, 0.5) is 5.69 Å². The largest absolute Gasteiger partial charge is 0.371 e. The minimum absolute atomic E-state index is 0.0728. The Morgan fingerprint density at radius 1 is 1.11 bits per heavy atom. The highest BCUT2D eigenvalue weighted by Gasteiger charge is 2.27. The molecule has 1 unspecified atom stereocenters. The number of hydrogen-bond acceptors (Lipinski definition) is 4. The summed E-state index contributed by atoms with van der Waals surface area (Å²) in [4.78, 5) is 21.9. The molecule has 5 heteroatoms. The summed E-state index contributed by atoms with van der Waals surface area (Å²) in [5.74, 6) is 0.107. The van der Waals surface area contributed by atoms with E-state index in [-0.39, 0.29) is 18.0 Å². The number of fused-ring (bicyclic) bond motifs is 1. The minimum Gasteiger partial charge on any atom is -0.371 e. The van der Waals surface area contributed by atoms with E-state index >= 15 is 0 Å². The SMILES string of the molecule is Cc1cc(N2CCC(N(C)C(=O)c3ccc4c(c3)C(N)CC4)CC2)cc(C)n1. The Balaban J connectivity index is 1.42. The molecule has 0 spiro atoms. The third-order valence-electron chi connectivity index (χ3n) is 6.28. The number of anilines is 1. The molecule has 5 nitrogen and oxygen atoms in total. The Hall–Kier alpha value is -2.40. The molecule has 28 heavy (non-hydrogen) atoms. The molecule has 2 heterocycles. The number of pyridine rings is 1. The average Bonchev–Trinajstić information content (AvgIpc) is 3.06. The zero-order valence-corrected chi connectivity index (χ0v) is 17.1. The van der Waals surface area contributed by atoms with E-state index in [0.29, 0.717) is 0 Å². The zero-order valence-electron chi connectivity index (χ0n) is 17.1. The van der Waals surface area contributed by atoms with E-state index in [1.165, 1.54) is 11.3 Å². The summed E-state index contributed by atoms with van der Waals surface area (Å²) >= 11 is 0. The lowest BCUT2D eigenvalue weighted by molar-refractivity contribution is 0.0709. The fourth-order valence-corrected chi connectivity index (χ4v) is 4.64. The number of hydrogen-bond donors (Lipinski definition) is 1. The van der Waals surface area contributed by atoms with Gasteiger partial charge in [0.15, 0.2) is 0 Å². The average molecular weight is 379 g/mol. The minimum atomic E-state index is 0.0728. The standard InChI is InChI=1S/C23H30N4O/c1-15-12-20(13-16(2)25-15)27-10-8-19(9-11-27)26(3)23(28)18-5-4-17-6-7-22(24)21(17)14-18/h4-5,12-14,19,22H,6-11,24H2,1-3H3. The van der Waals surface area contributed by atoms with Crippen molar-refractivity contribution in [1.82, 2.24) is 9.88 Å². The second-order valence-electron chi connectivity index (χ2n) is 8.30. The van der Waals surface area contributed by atoms with Gasteiger partial charge in [0.2, 0.25) is 0 Å². The van der Waals surface area contributed by atoms with Crippen molar-refractivity contribution in [3.05, 3.63) is 58.4 Å². The second kappa shape index (κ2) is 7.55. The summed E-state index contributed by atoms with van der Waals surface area (Å²) in [5, 5.41) is 0. The van der Waals surface area contributed by atoms with Gasteiger partial charge in [-0.3, -0.25) is 9.78 Å². The Kier molecular flexibility index (Phi) is 5.11. The molecule has 1 saturated heterocycles. The number of piperidine rings is 1. The molecule has 2 aliphatic rings. The summed E-state index contributed by atoms with van der Waals surface area (Å²) in [5.41, 5.74) is 12.8. The predicted octanol–water partition coefficient (Wildman–Crippen LogP) is 3.39. The number of amides is 1. The number of nitrogens with zero attached hydrogens (tertiary/aromatic N) is 3. The predicted molar refractivity (Wildman–Crippen MR) is 113 cm³/mol. The van der Waals surface area contributed by atoms with Gasteiger partial charge in [-0.05, 0) is 74.9 Å². The van der Waals surface area contributed by atoms with E-state index < -0.39 is 0 Å². The summed E-state index contributed by atoms with van der Waals surface area (Å²) in [6, 6.07) is 10.7. The smallest absolute Gasteiger partial charge is 0.253 e. The Morgan fingerprint density at radius 3 is 2.46 bits per heavy atom. The molecule has 2 aromatic rings. The molecular formula is C23H30N4O. The summed E-state index contributed by atoms with van der Waals surface area (Å²) < 4.78 is 0. The van der Waals surface area contributed by atoms with Crippen LogP contribution in [0.2, 0.25) is 0 Å². The van der Waals surface area contributed by atoms with E-state index in [1.54, 1.807) is 0 Å². The van der Waals surface area contributed by atoms with Crippen molar-refractivity contribution in [2.75, 3.05) is 25.0 Å². The van der Waals surface area contributed by atoms with E-state index in [9.17, 15) is 4.79 Å². The quantitative estimate of drug-likeness (QED) is 0.889. The van der Waals surface area contributed by atoms with E-state index in [4.69, 9.17) is 5.73 Å². The van der Waals surface area contributed by atoms with Crippen LogP contribution in [0.1, 0.15) is 58.2 Å². The first kappa shape index (κ1) is 18.9. The highest BCUT2D eigenvalue weighted by Crippen LogP contribution is 2.30. The van der Waals surface area contributed by atoms with E-state index in [1.807, 2.05) is 37.9 Å². The maximum absolute atomic E-state index is 13.1. The van der Waals surface area contributed by atoms with Gasteiger partial charge in [0, 0.05) is 54.9 Å². The highest BCUT2D eigenvalue weighted by molar-refractivity contribution is 5.94. The molecule has 1 aromatic heterocycles. The number of carbonyl (C=O) groups is 1. The van der Waals surface area contributed by atoms with Crippen LogP contribution in [-0.4, -0.2) is 42.0 Å². The van der Waals surface area contributed by atoms with Crippen LogP contribution in [0.15, 0.2) is 30.3 Å². The second-order valence-corrected chi connectivity index (χ2v) is 8.30. The third kappa shape index (κ3) is 3.63. The molecule has 1 aliphatic heterocycles. The van der Waals surface area contributed by atoms with Gasteiger partial charge in [-0.1, -0.05) is 6.07 Å². The lowest BCUT2D eigenvalue weighted by Gasteiger charge is -2.38. The van der Waals surface area contributed by atoms with Gasteiger partial charge in [-0.2, -0.15) is 0 Å². The number of carbonyl (C=O) groups excluding carboxylic acids is 1. The molecule has 4 rings (SSSR count). The van der Waals surface area contributed by atoms with E-state index in [2.05, 4.69) is 28.1 Å². The van der Waals surface area contributed by atoms with Crippen molar-refractivity contribution < 1.29 is 4.79 Å². The van der Waals surface area contributed by atoms with Crippen molar-refractivity contribution in [2.24, 2.45) is 5.73 Å². The molecular weight excluding hydrogens is 348 g/mol. The molecule has 1 aromatic carbocycles. The topological polar surface area (TPSA) is 62.5 Å². The third-order valence-corrected chi connectivity index (χ3v) is 6.28. The van der Waals surface area contributed by atoms with Crippen LogP contribution in [0.5, 0.6) is 0 Å². The molecule has 148 valence electrons. The first-order valence-electron chi connectivity index (χ1n) is 10.3. The van der Waals surface area contributed by atoms with Crippen molar-refractivity contribution in [3.8, 4) is 0 Å². The molecule has 2 N–H and O–H groups in total. The van der Waals surface area contributed by atoms with Gasteiger partial charge in [0.05, 0.1) is 0 Å². The Morgan fingerprint density at radius 2 is 1.79 bits per heavy atom. The zero-order chi connectivity index (χ0) is 19.8. The first-order valence-corrected chi connectivity index (χ1v) is 10.3. The van der Waals surface area contributed by atoms with Gasteiger partial charge < -0.3 is 15.5 Å². The van der Waals surface area contributed by atoms with Gasteiger partial charge in [0.25, 0.3) is 5.91 Å². The molecule has 0 bridgehead atoms. The van der Waals surface area contributed by atoms with Crippen LogP contribution in [0.3, 0.4) is 0 Å². The van der Waals surface area contributed by atoms with Crippen molar-refractivity contribution in [2.45, 2.75) is 51.6 Å². The molecule has 1 aliphatic carbocycles. The fraction of sp³-hybridized carbons (Fsp3) is 0.478. The van der Waals surface area contributed by atoms with Gasteiger partial charge >= 0.3 is 0 Å². The number of aryl methyl sites for hydroxylation is 3. The van der Waals surface area contributed by atoms with Crippen molar-refractivity contribution in [3.63, 3.8) is 0 Å². The monoisotopic (exact) mass is 378 g/mol. The lowest BCUT2D eigenvalue weighted by atomic mass is 10.00. The highest BCUT2D eigenvalue weighted by atomic mass is 16.2. The summed E-state index contributed by atoms with van der Waals surface area (Å²) in [7, 11) is 1.94. The summed E-state index contributed by atoms with van der Waals surface area (Å²) in [6.45, 7) is 6.00. The first-order chi connectivity index (χ1) is 13.4. The van der Waals surface area contributed by atoms with Crippen LogP contribution in [0, 0.1) is 13.8 Å². The van der Waals surface area contributed by atoms with Crippen LogP contribution in [-0.2, 0) is 6.42 Å². The number of aromatic nitrogens is 1. The maximum atomic E-state index is 13.1. The van der Waals surface area contributed by atoms with Gasteiger partial charge in [0.1, 0.15) is 0 Å². The summed E-state index contributed by atoms with van der Waals surface area (Å²) in [6.07, 6.45) is 3.96. The Bertz CT molecular complexity index is 866. The molecule has 1 amide bonds. The fourth-order valence-electron chi connectivity index (χ4n) is 4.64. The molecule has 1 atom stereocenters. The number of nitrogens with two attached hydrogens (primary N) is 1. The lowest BCUT2D eigenvalue weighted by Crippen LogP contribution is -2.45. The molecule has 0 saturated carbocycles. The van der Waals surface area contributed by atoms with Gasteiger partial charge in [-0.15, -0.1) is 0 Å². The maximum Gasteiger partial charge on any atom is 0.253 e. The molecule has 0 radical (unpaired) electrons. The van der Waals surface area contributed by atoms with Crippen LogP contribution in [0.25, 0.3) is 0 Å². The van der Waals surface area contributed by atoms with E-state index in [0.717, 1.165) is 61.3 Å². The van der Waals surface area contributed by atoms with Crippen LogP contribution < -0.4 is 10.6 Å². The molecule has 1 fully saturated rings. The van der Waals surface area contributed by atoms with Gasteiger partial charge in [-0.25, -0.2) is 0 Å². The van der Waals surface area contributed by atoms with Crippen LogP contribution >= 0.6 is 0 Å².